The molecule has 0 heterocycles. The summed E-state index contributed by atoms with van der Waals surface area (Å²) in [7, 11) is -3.11. The molecule has 3 rings (SSSR count). The fraction of sp³-hybridized carbons (Fsp3) is 0.0952. The van der Waals surface area contributed by atoms with Crippen LogP contribution in [0.5, 0.6) is 17.2 Å². The normalized spacial score (nSPS) is 11.0. The summed E-state index contributed by atoms with van der Waals surface area (Å²) < 4.78 is 33.6. The van der Waals surface area contributed by atoms with Gasteiger partial charge in [0.2, 0.25) is 0 Å². The first-order valence-electron chi connectivity index (χ1n) is 8.21. The first kappa shape index (κ1) is 18.7. The molecule has 0 fully saturated rings. The Kier molecular flexibility index (Phi) is 5.57. The lowest BCUT2D eigenvalue weighted by atomic mass is 10.1. The molecular weight excluding hydrogens is 364 g/mol. The topological polar surface area (TPSA) is 69.7 Å². The average Bonchev–Trinajstić information content (AvgIpc) is 2.63. The van der Waals surface area contributed by atoms with Gasteiger partial charge >= 0.3 is 5.97 Å². The Morgan fingerprint density at radius 1 is 0.778 bits per heavy atom. The van der Waals surface area contributed by atoms with Crippen molar-refractivity contribution in [1.29, 1.82) is 0 Å². The van der Waals surface area contributed by atoms with Gasteiger partial charge < -0.3 is 9.47 Å². The summed E-state index contributed by atoms with van der Waals surface area (Å²) in [6, 6.07) is 22.4. The lowest BCUT2D eigenvalue weighted by molar-refractivity contribution is 0.0734. The Hall–Kier alpha value is -3.12. The monoisotopic (exact) mass is 382 g/mol. The second-order valence-corrected chi connectivity index (χ2v) is 8.18. The molecule has 0 saturated carbocycles. The molecule has 0 N–H and O–H groups in total. The van der Waals surface area contributed by atoms with Gasteiger partial charge in [-0.3, -0.25) is 0 Å². The summed E-state index contributed by atoms with van der Waals surface area (Å²) in [6.07, 6.45) is 1.17. The van der Waals surface area contributed by atoms with Crippen molar-refractivity contribution in [2.24, 2.45) is 0 Å². The Bertz CT molecular complexity index is 1010. The van der Waals surface area contributed by atoms with E-state index in [1.807, 2.05) is 30.3 Å². The van der Waals surface area contributed by atoms with Crippen LogP contribution in [0.2, 0.25) is 0 Å². The molecule has 0 amide bonds. The van der Waals surface area contributed by atoms with E-state index in [4.69, 9.17) is 9.47 Å². The minimum absolute atomic E-state index is 0.0643. The molecule has 0 bridgehead atoms. The van der Waals surface area contributed by atoms with Gasteiger partial charge in [0.05, 0.1) is 11.3 Å². The zero-order valence-corrected chi connectivity index (χ0v) is 15.5. The Morgan fingerprint density at radius 2 is 1.33 bits per heavy atom. The van der Waals surface area contributed by atoms with Gasteiger partial charge in [-0.1, -0.05) is 30.3 Å². The quantitative estimate of drug-likeness (QED) is 0.471. The maximum Gasteiger partial charge on any atom is 0.343 e. The maximum absolute atomic E-state index is 12.2. The van der Waals surface area contributed by atoms with E-state index < -0.39 is 15.8 Å². The van der Waals surface area contributed by atoms with Gasteiger partial charge in [0.1, 0.15) is 17.2 Å². The highest BCUT2D eigenvalue weighted by Gasteiger charge is 2.10. The Labute approximate surface area is 158 Å². The van der Waals surface area contributed by atoms with E-state index in [0.29, 0.717) is 22.6 Å². The standard InChI is InChI=1S/C21H18O5S/c1-27(23,24)15-16-7-9-17(10-8-16)21(22)26-20-13-11-19(12-14-20)25-18-5-3-2-4-6-18/h2-14H,15H2,1H3. The van der Waals surface area contributed by atoms with Gasteiger partial charge in [-0.2, -0.15) is 0 Å². The molecule has 138 valence electrons. The number of benzene rings is 3. The zero-order valence-electron chi connectivity index (χ0n) is 14.7. The third kappa shape index (κ3) is 5.69. The molecule has 0 atom stereocenters. The molecule has 0 aliphatic carbocycles. The fourth-order valence-corrected chi connectivity index (χ4v) is 3.20. The number of para-hydroxylation sites is 1. The molecule has 27 heavy (non-hydrogen) atoms. The van der Waals surface area contributed by atoms with Crippen LogP contribution in [0.25, 0.3) is 0 Å². The fourth-order valence-electron chi connectivity index (χ4n) is 2.41. The third-order valence-electron chi connectivity index (χ3n) is 3.63. The van der Waals surface area contributed by atoms with Gasteiger partial charge in [-0.05, 0) is 54.1 Å². The lowest BCUT2D eigenvalue weighted by Gasteiger charge is -2.08. The van der Waals surface area contributed by atoms with Crippen molar-refractivity contribution in [3.05, 3.63) is 90.0 Å². The molecule has 0 aliphatic heterocycles. The van der Waals surface area contributed by atoms with E-state index in [2.05, 4.69) is 0 Å². The van der Waals surface area contributed by atoms with Crippen LogP contribution in [-0.2, 0) is 15.6 Å². The molecule has 0 radical (unpaired) electrons. The number of esters is 1. The predicted molar refractivity (Wildman–Crippen MR) is 103 cm³/mol. The van der Waals surface area contributed by atoms with E-state index in [1.54, 1.807) is 48.5 Å². The number of hydrogen-bond donors (Lipinski definition) is 0. The van der Waals surface area contributed by atoms with Crippen LogP contribution < -0.4 is 9.47 Å². The second-order valence-electron chi connectivity index (χ2n) is 6.04. The smallest absolute Gasteiger partial charge is 0.343 e. The van der Waals surface area contributed by atoms with Crippen molar-refractivity contribution in [3.63, 3.8) is 0 Å². The van der Waals surface area contributed by atoms with Crippen LogP contribution in [0.15, 0.2) is 78.9 Å². The number of rotatable bonds is 6. The summed E-state index contributed by atoms with van der Waals surface area (Å²) >= 11 is 0. The number of sulfone groups is 1. The number of carbonyl (C=O) groups is 1. The highest BCUT2D eigenvalue weighted by Crippen LogP contribution is 2.24. The molecule has 3 aromatic rings. The highest BCUT2D eigenvalue weighted by molar-refractivity contribution is 7.89. The molecule has 0 aromatic heterocycles. The summed E-state index contributed by atoms with van der Waals surface area (Å²) in [5.41, 5.74) is 0.966. The van der Waals surface area contributed by atoms with Crippen LogP contribution in [-0.4, -0.2) is 20.6 Å². The van der Waals surface area contributed by atoms with Crippen molar-refractivity contribution in [2.45, 2.75) is 5.75 Å². The van der Waals surface area contributed by atoms with Crippen LogP contribution in [0, 0.1) is 0 Å². The third-order valence-corrected chi connectivity index (χ3v) is 4.49. The first-order valence-corrected chi connectivity index (χ1v) is 10.3. The predicted octanol–water partition coefficient (Wildman–Crippen LogP) is 4.24. The lowest BCUT2D eigenvalue weighted by Crippen LogP contribution is -2.09. The number of hydrogen-bond acceptors (Lipinski definition) is 5. The van der Waals surface area contributed by atoms with Crippen LogP contribution >= 0.6 is 0 Å². The molecule has 5 nitrogen and oxygen atoms in total. The maximum atomic E-state index is 12.2. The van der Waals surface area contributed by atoms with Crippen molar-refractivity contribution in [1.82, 2.24) is 0 Å². The molecule has 0 unspecified atom stereocenters. The Morgan fingerprint density at radius 3 is 1.93 bits per heavy atom. The number of ether oxygens (including phenoxy) is 2. The Balaban J connectivity index is 1.62. The summed E-state index contributed by atoms with van der Waals surface area (Å²) in [5, 5.41) is 0. The van der Waals surface area contributed by atoms with E-state index in [-0.39, 0.29) is 5.75 Å². The van der Waals surface area contributed by atoms with Crippen LogP contribution in [0.1, 0.15) is 15.9 Å². The average molecular weight is 382 g/mol. The van der Waals surface area contributed by atoms with Gasteiger partial charge in [0.25, 0.3) is 0 Å². The second kappa shape index (κ2) is 8.05. The molecule has 6 heteroatoms. The van der Waals surface area contributed by atoms with E-state index in [0.717, 1.165) is 5.75 Å². The largest absolute Gasteiger partial charge is 0.457 e. The van der Waals surface area contributed by atoms with Gasteiger partial charge in [-0.15, -0.1) is 0 Å². The zero-order chi connectivity index (χ0) is 19.3. The van der Waals surface area contributed by atoms with Crippen molar-refractivity contribution >= 4 is 15.8 Å². The van der Waals surface area contributed by atoms with Crippen molar-refractivity contribution in [2.75, 3.05) is 6.26 Å². The van der Waals surface area contributed by atoms with E-state index >= 15 is 0 Å². The first-order chi connectivity index (χ1) is 12.9. The van der Waals surface area contributed by atoms with Gasteiger partial charge in [0.15, 0.2) is 9.84 Å². The van der Waals surface area contributed by atoms with Crippen molar-refractivity contribution in [3.8, 4) is 17.2 Å². The highest BCUT2D eigenvalue weighted by atomic mass is 32.2. The minimum atomic E-state index is -3.11. The van der Waals surface area contributed by atoms with Crippen LogP contribution in [0.4, 0.5) is 0 Å². The summed E-state index contributed by atoms with van der Waals surface area (Å²) in [5.74, 6) is 1.16. The van der Waals surface area contributed by atoms with Crippen molar-refractivity contribution < 1.29 is 22.7 Å². The summed E-state index contributed by atoms with van der Waals surface area (Å²) in [4.78, 5) is 12.2. The summed E-state index contributed by atoms with van der Waals surface area (Å²) in [6.45, 7) is 0. The molecule has 0 saturated heterocycles. The van der Waals surface area contributed by atoms with E-state index in [1.165, 1.54) is 6.26 Å². The molecular formula is C21H18O5S. The van der Waals surface area contributed by atoms with Gasteiger partial charge in [-0.25, -0.2) is 13.2 Å². The molecule has 0 spiro atoms. The molecule has 3 aromatic carbocycles. The molecule has 0 aliphatic rings. The SMILES string of the molecule is CS(=O)(=O)Cc1ccc(C(=O)Oc2ccc(Oc3ccccc3)cc2)cc1. The van der Waals surface area contributed by atoms with Gasteiger partial charge in [0, 0.05) is 6.26 Å². The minimum Gasteiger partial charge on any atom is -0.457 e. The number of carbonyl (C=O) groups excluding carboxylic acids is 1. The van der Waals surface area contributed by atoms with Crippen LogP contribution in [0.3, 0.4) is 0 Å². The van der Waals surface area contributed by atoms with E-state index in [9.17, 15) is 13.2 Å².